The largest absolute Gasteiger partial charge is 0.488 e. The lowest BCUT2D eigenvalue weighted by Gasteiger charge is -2.12. The molecule has 8 nitrogen and oxygen atoms in total. The smallest absolute Gasteiger partial charge is 0.342 e. The van der Waals surface area contributed by atoms with Gasteiger partial charge in [0.05, 0.1) is 4.90 Å². The zero-order valence-corrected chi connectivity index (χ0v) is 18.1. The minimum Gasteiger partial charge on any atom is -0.488 e. The van der Waals surface area contributed by atoms with E-state index < -0.39 is 28.5 Å². The molecule has 0 unspecified atom stereocenters. The van der Waals surface area contributed by atoms with Gasteiger partial charge < -0.3 is 14.8 Å². The second-order valence-corrected chi connectivity index (χ2v) is 8.47. The summed E-state index contributed by atoms with van der Waals surface area (Å²) < 4.78 is 33.5. The fourth-order valence-electron chi connectivity index (χ4n) is 2.82. The van der Waals surface area contributed by atoms with Crippen molar-refractivity contribution in [3.8, 4) is 5.75 Å². The Morgan fingerprint density at radius 3 is 2.28 bits per heavy atom. The number of benzene rings is 3. The molecule has 1 amide bonds. The zero-order valence-electron chi connectivity index (χ0n) is 17.3. The number of hydrogen-bond donors (Lipinski definition) is 2. The van der Waals surface area contributed by atoms with E-state index in [1.54, 1.807) is 24.3 Å². The standard InChI is InChI=1S/C23H22N2O6S/c1-16-6-2-3-7-17(16)14-30-21-9-5-4-8-20(21)23(27)31-15-22(26)25-18-10-12-19(13-11-18)32(24,28)29/h2-13H,14-15H2,1H3,(H,25,26)(H2,24,28,29). The third kappa shape index (κ3) is 6.16. The number of para-hydroxylation sites is 1. The average molecular weight is 455 g/mol. The van der Waals surface area contributed by atoms with E-state index in [0.29, 0.717) is 11.4 Å². The third-order valence-electron chi connectivity index (χ3n) is 4.55. The van der Waals surface area contributed by atoms with Gasteiger partial charge in [-0.15, -0.1) is 0 Å². The summed E-state index contributed by atoms with van der Waals surface area (Å²) in [6.45, 7) is 1.73. The van der Waals surface area contributed by atoms with Gasteiger partial charge in [-0.1, -0.05) is 36.4 Å². The molecule has 0 atom stereocenters. The normalized spacial score (nSPS) is 10.9. The highest BCUT2D eigenvalue weighted by atomic mass is 32.2. The van der Waals surface area contributed by atoms with E-state index >= 15 is 0 Å². The summed E-state index contributed by atoms with van der Waals surface area (Å²) in [5.41, 5.74) is 2.59. The average Bonchev–Trinajstić information content (AvgIpc) is 2.77. The predicted molar refractivity (Wildman–Crippen MR) is 119 cm³/mol. The molecule has 0 fully saturated rings. The Kier molecular flexibility index (Phi) is 7.24. The van der Waals surface area contributed by atoms with Crippen LogP contribution in [0.15, 0.2) is 77.7 Å². The molecule has 3 N–H and O–H groups in total. The quantitative estimate of drug-likeness (QED) is 0.504. The number of aryl methyl sites for hydroxylation is 1. The molecule has 0 bridgehead atoms. The second-order valence-electron chi connectivity index (χ2n) is 6.91. The van der Waals surface area contributed by atoms with Gasteiger partial charge in [-0.2, -0.15) is 0 Å². The number of nitrogens with two attached hydrogens (primary N) is 1. The van der Waals surface area contributed by atoms with E-state index in [1.165, 1.54) is 24.3 Å². The number of esters is 1. The van der Waals surface area contributed by atoms with Crippen molar-refractivity contribution >= 4 is 27.6 Å². The second kappa shape index (κ2) is 10.1. The maximum atomic E-state index is 12.5. The van der Waals surface area contributed by atoms with E-state index in [2.05, 4.69) is 5.32 Å². The number of ether oxygens (including phenoxy) is 2. The lowest BCUT2D eigenvalue weighted by Crippen LogP contribution is -2.21. The highest BCUT2D eigenvalue weighted by molar-refractivity contribution is 7.89. The fourth-order valence-corrected chi connectivity index (χ4v) is 3.34. The Labute approximate surface area is 186 Å². The highest BCUT2D eigenvalue weighted by Gasteiger charge is 2.16. The molecule has 166 valence electrons. The van der Waals surface area contributed by atoms with Crippen molar-refractivity contribution in [2.24, 2.45) is 5.14 Å². The van der Waals surface area contributed by atoms with E-state index in [0.717, 1.165) is 11.1 Å². The molecular weight excluding hydrogens is 432 g/mol. The number of anilines is 1. The van der Waals surface area contributed by atoms with Crippen LogP contribution in [0.2, 0.25) is 0 Å². The summed E-state index contributed by atoms with van der Waals surface area (Å²) in [7, 11) is -3.82. The monoisotopic (exact) mass is 454 g/mol. The first-order chi connectivity index (χ1) is 15.2. The first-order valence-corrected chi connectivity index (χ1v) is 11.1. The first kappa shape index (κ1) is 23.0. The molecule has 32 heavy (non-hydrogen) atoms. The molecule has 0 saturated carbocycles. The molecule has 0 aliphatic carbocycles. The maximum Gasteiger partial charge on any atom is 0.342 e. The number of rotatable bonds is 8. The van der Waals surface area contributed by atoms with Crippen molar-refractivity contribution in [1.82, 2.24) is 0 Å². The van der Waals surface area contributed by atoms with Crippen LogP contribution in [0, 0.1) is 6.92 Å². The van der Waals surface area contributed by atoms with Crippen LogP contribution in [0.4, 0.5) is 5.69 Å². The molecule has 0 aromatic heterocycles. The van der Waals surface area contributed by atoms with Crippen LogP contribution in [0.25, 0.3) is 0 Å². The predicted octanol–water partition coefficient (Wildman–Crippen LogP) is 3.02. The Bertz CT molecular complexity index is 1220. The van der Waals surface area contributed by atoms with Crippen LogP contribution in [-0.2, 0) is 26.2 Å². The summed E-state index contributed by atoms with van der Waals surface area (Å²) in [5.74, 6) is -0.940. The summed E-state index contributed by atoms with van der Waals surface area (Å²) in [5, 5.41) is 7.55. The molecule has 3 rings (SSSR count). The van der Waals surface area contributed by atoms with Gasteiger partial charge in [0.1, 0.15) is 17.9 Å². The van der Waals surface area contributed by atoms with E-state index in [-0.39, 0.29) is 17.1 Å². The zero-order chi connectivity index (χ0) is 23.1. The number of carbonyl (C=O) groups is 2. The van der Waals surface area contributed by atoms with Crippen molar-refractivity contribution in [2.75, 3.05) is 11.9 Å². The third-order valence-corrected chi connectivity index (χ3v) is 5.48. The SMILES string of the molecule is Cc1ccccc1COc1ccccc1C(=O)OCC(=O)Nc1ccc(S(N)(=O)=O)cc1. The summed E-state index contributed by atoms with van der Waals surface area (Å²) in [4.78, 5) is 24.5. The van der Waals surface area contributed by atoms with Crippen LogP contribution in [-0.4, -0.2) is 26.9 Å². The molecule has 3 aromatic carbocycles. The highest BCUT2D eigenvalue weighted by Crippen LogP contribution is 2.21. The minimum absolute atomic E-state index is 0.0794. The van der Waals surface area contributed by atoms with Gasteiger partial charge in [-0.05, 0) is 54.4 Å². The van der Waals surface area contributed by atoms with Crippen molar-refractivity contribution in [3.63, 3.8) is 0 Å². The fraction of sp³-hybridized carbons (Fsp3) is 0.130. The van der Waals surface area contributed by atoms with Crippen LogP contribution < -0.4 is 15.2 Å². The Hall–Kier alpha value is -3.69. The molecule has 0 aliphatic heterocycles. The van der Waals surface area contributed by atoms with Gasteiger partial charge in [0.2, 0.25) is 10.0 Å². The Balaban J connectivity index is 1.58. The number of carbonyl (C=O) groups excluding carboxylic acids is 2. The lowest BCUT2D eigenvalue weighted by atomic mass is 10.1. The van der Waals surface area contributed by atoms with E-state index in [1.807, 2.05) is 31.2 Å². The van der Waals surface area contributed by atoms with Gasteiger partial charge in [-0.3, -0.25) is 4.79 Å². The van der Waals surface area contributed by atoms with Crippen molar-refractivity contribution in [3.05, 3.63) is 89.5 Å². The summed E-state index contributed by atoms with van der Waals surface area (Å²) in [6, 6.07) is 19.7. The van der Waals surface area contributed by atoms with Gasteiger partial charge >= 0.3 is 5.97 Å². The summed E-state index contributed by atoms with van der Waals surface area (Å²) in [6.07, 6.45) is 0. The van der Waals surface area contributed by atoms with E-state index in [4.69, 9.17) is 14.6 Å². The number of primary sulfonamides is 1. The van der Waals surface area contributed by atoms with Gasteiger partial charge in [0, 0.05) is 5.69 Å². The molecule has 0 aliphatic rings. The molecule has 9 heteroatoms. The topological polar surface area (TPSA) is 125 Å². The van der Waals surface area contributed by atoms with Crippen LogP contribution in [0.1, 0.15) is 21.5 Å². The van der Waals surface area contributed by atoms with Gasteiger partial charge in [-0.25, -0.2) is 18.4 Å². The molecule has 0 spiro atoms. The van der Waals surface area contributed by atoms with Gasteiger partial charge in [0.25, 0.3) is 5.91 Å². The van der Waals surface area contributed by atoms with Crippen molar-refractivity contribution < 1.29 is 27.5 Å². The lowest BCUT2D eigenvalue weighted by molar-refractivity contribution is -0.119. The van der Waals surface area contributed by atoms with Gasteiger partial charge in [0.15, 0.2) is 6.61 Å². The number of hydrogen-bond acceptors (Lipinski definition) is 6. The minimum atomic E-state index is -3.82. The summed E-state index contributed by atoms with van der Waals surface area (Å²) >= 11 is 0. The van der Waals surface area contributed by atoms with Crippen molar-refractivity contribution in [1.29, 1.82) is 0 Å². The molecule has 0 radical (unpaired) electrons. The van der Waals surface area contributed by atoms with Crippen LogP contribution >= 0.6 is 0 Å². The van der Waals surface area contributed by atoms with Crippen LogP contribution in [0.3, 0.4) is 0 Å². The molecular formula is C23H22N2O6S. The number of sulfonamides is 1. The molecule has 3 aromatic rings. The molecule has 0 heterocycles. The Morgan fingerprint density at radius 2 is 1.59 bits per heavy atom. The van der Waals surface area contributed by atoms with Crippen LogP contribution in [0.5, 0.6) is 5.75 Å². The number of amides is 1. The first-order valence-electron chi connectivity index (χ1n) is 9.60. The maximum absolute atomic E-state index is 12.5. The number of nitrogens with one attached hydrogen (secondary N) is 1. The van der Waals surface area contributed by atoms with Crippen molar-refractivity contribution in [2.45, 2.75) is 18.4 Å². The van der Waals surface area contributed by atoms with E-state index in [9.17, 15) is 18.0 Å². The Morgan fingerprint density at radius 1 is 0.938 bits per heavy atom. The molecule has 0 saturated heterocycles.